The highest BCUT2D eigenvalue weighted by Crippen LogP contribution is 2.32. The molecule has 0 bridgehead atoms. The summed E-state index contributed by atoms with van der Waals surface area (Å²) < 4.78 is 0. The number of Topliss-reactive ketones (excluding diaryl/α,β-unsaturated/α-hetero) is 1. The largest absolute Gasteiger partial charge is 0.300 e. The lowest BCUT2D eigenvalue weighted by molar-refractivity contribution is -0.145. The maximum absolute atomic E-state index is 12.9. The lowest BCUT2D eigenvalue weighted by Gasteiger charge is -2.35. The molecule has 2 aliphatic rings. The minimum Gasteiger partial charge on any atom is -0.300 e. The van der Waals surface area contributed by atoms with E-state index in [-0.39, 0.29) is 23.5 Å². The maximum Gasteiger partial charge on any atom is 0.240 e. The molecule has 1 heterocycles. The van der Waals surface area contributed by atoms with Crippen LogP contribution in [0.1, 0.15) is 52.4 Å². The first-order valence-corrected chi connectivity index (χ1v) is 8.81. The van der Waals surface area contributed by atoms with Crippen LogP contribution in [0, 0.1) is 11.8 Å². The molecule has 0 spiro atoms. The molecule has 1 N–H and O–H groups in total. The van der Waals surface area contributed by atoms with Crippen molar-refractivity contribution in [1.29, 1.82) is 0 Å². The molecule has 1 saturated carbocycles. The topological polar surface area (TPSA) is 52.6 Å². The second-order valence-corrected chi connectivity index (χ2v) is 6.71. The van der Waals surface area contributed by atoms with Crippen LogP contribution >= 0.6 is 0 Å². The third-order valence-corrected chi connectivity index (χ3v) is 5.44. The highest BCUT2D eigenvalue weighted by molar-refractivity contribution is 5.87. The molecule has 2 rings (SSSR count). The van der Waals surface area contributed by atoms with Gasteiger partial charge in [-0.15, -0.1) is 0 Å². The van der Waals surface area contributed by atoms with Gasteiger partial charge in [-0.05, 0) is 45.7 Å². The zero-order valence-electron chi connectivity index (χ0n) is 14.3. The fourth-order valence-corrected chi connectivity index (χ4v) is 4.13. The van der Waals surface area contributed by atoms with Gasteiger partial charge in [-0.2, -0.15) is 0 Å². The van der Waals surface area contributed by atoms with Crippen molar-refractivity contribution in [1.82, 2.24) is 15.3 Å². The fraction of sp³-hybridized carbons (Fsp3) is 0.882. The zero-order valence-corrected chi connectivity index (χ0v) is 14.3. The second-order valence-electron chi connectivity index (χ2n) is 6.71. The van der Waals surface area contributed by atoms with Crippen LogP contribution in [-0.4, -0.2) is 54.3 Å². The monoisotopic (exact) mass is 309 g/mol. The molecule has 0 aromatic heterocycles. The molecule has 3 atom stereocenters. The lowest BCUT2D eigenvalue weighted by atomic mass is 9.76. The summed E-state index contributed by atoms with van der Waals surface area (Å²) in [4.78, 5) is 27.2. The van der Waals surface area contributed by atoms with Gasteiger partial charge < -0.3 is 0 Å². The van der Waals surface area contributed by atoms with E-state index in [2.05, 4.69) is 17.2 Å². The SMILES string of the molecule is CCN1CCCC1CN(NC)C(=O)C1CCCCC1C(C)=O. The summed E-state index contributed by atoms with van der Waals surface area (Å²) >= 11 is 0. The van der Waals surface area contributed by atoms with Gasteiger partial charge in [0.05, 0.1) is 6.54 Å². The number of rotatable bonds is 6. The molecule has 1 aliphatic heterocycles. The van der Waals surface area contributed by atoms with E-state index in [0.717, 1.165) is 51.7 Å². The van der Waals surface area contributed by atoms with Crippen LogP contribution in [0.5, 0.6) is 0 Å². The van der Waals surface area contributed by atoms with Gasteiger partial charge in [-0.25, -0.2) is 5.43 Å². The predicted molar refractivity (Wildman–Crippen MR) is 87.2 cm³/mol. The molecule has 1 saturated heterocycles. The number of hydrogen-bond donors (Lipinski definition) is 1. The number of hydrazine groups is 1. The van der Waals surface area contributed by atoms with E-state index in [9.17, 15) is 9.59 Å². The number of carbonyl (C=O) groups is 2. The molecular weight excluding hydrogens is 278 g/mol. The highest BCUT2D eigenvalue weighted by Gasteiger charge is 2.37. The molecule has 22 heavy (non-hydrogen) atoms. The number of nitrogens with one attached hydrogen (secondary N) is 1. The van der Waals surface area contributed by atoms with Crippen LogP contribution < -0.4 is 5.43 Å². The molecule has 0 radical (unpaired) electrons. The van der Waals surface area contributed by atoms with Crippen molar-refractivity contribution in [2.24, 2.45) is 11.8 Å². The van der Waals surface area contributed by atoms with Gasteiger partial charge in [-0.1, -0.05) is 19.8 Å². The molecule has 1 amide bonds. The number of nitrogens with zero attached hydrogens (tertiary/aromatic N) is 2. The summed E-state index contributed by atoms with van der Waals surface area (Å²) in [5, 5.41) is 1.77. The molecule has 0 aromatic carbocycles. The predicted octanol–water partition coefficient (Wildman–Crippen LogP) is 1.83. The molecular formula is C17H31N3O2. The fourth-order valence-electron chi connectivity index (χ4n) is 4.13. The number of hydrogen-bond acceptors (Lipinski definition) is 4. The Hall–Kier alpha value is -0.940. The van der Waals surface area contributed by atoms with Crippen LogP contribution in [0.15, 0.2) is 0 Å². The Morgan fingerprint density at radius 2 is 1.82 bits per heavy atom. The maximum atomic E-state index is 12.9. The molecule has 2 fully saturated rings. The van der Waals surface area contributed by atoms with Gasteiger partial charge >= 0.3 is 0 Å². The first-order valence-electron chi connectivity index (χ1n) is 8.81. The van der Waals surface area contributed by atoms with Crippen LogP contribution in [-0.2, 0) is 9.59 Å². The van der Waals surface area contributed by atoms with E-state index in [4.69, 9.17) is 0 Å². The van der Waals surface area contributed by atoms with Crippen molar-refractivity contribution < 1.29 is 9.59 Å². The van der Waals surface area contributed by atoms with Crippen molar-refractivity contribution in [2.75, 3.05) is 26.7 Å². The second kappa shape index (κ2) is 8.06. The van der Waals surface area contributed by atoms with Gasteiger partial charge in [0, 0.05) is 24.9 Å². The third-order valence-electron chi connectivity index (χ3n) is 5.44. The van der Waals surface area contributed by atoms with Crippen molar-refractivity contribution in [3.05, 3.63) is 0 Å². The number of likely N-dealkylation sites (N-methyl/N-ethyl adjacent to an activating group) is 1. The third kappa shape index (κ3) is 3.87. The Labute approximate surface area is 134 Å². The molecule has 5 nitrogen and oxygen atoms in total. The Balaban J connectivity index is 2.02. The van der Waals surface area contributed by atoms with E-state index >= 15 is 0 Å². The quantitative estimate of drug-likeness (QED) is 0.761. The van der Waals surface area contributed by atoms with Crippen LogP contribution in [0.3, 0.4) is 0 Å². The number of ketones is 1. The number of carbonyl (C=O) groups excluding carboxylic acids is 2. The normalized spacial score (nSPS) is 29.5. The van der Waals surface area contributed by atoms with Gasteiger partial charge in [-0.3, -0.25) is 19.5 Å². The minimum absolute atomic E-state index is 0.0806. The smallest absolute Gasteiger partial charge is 0.240 e. The van der Waals surface area contributed by atoms with Gasteiger partial charge in [0.15, 0.2) is 0 Å². The van der Waals surface area contributed by atoms with Crippen molar-refractivity contribution in [3.8, 4) is 0 Å². The number of likely N-dealkylation sites (tertiary alicyclic amines) is 1. The summed E-state index contributed by atoms with van der Waals surface area (Å²) in [6.45, 7) is 6.71. The average Bonchev–Trinajstić information content (AvgIpc) is 2.99. The average molecular weight is 309 g/mol. The van der Waals surface area contributed by atoms with E-state index < -0.39 is 0 Å². The van der Waals surface area contributed by atoms with Gasteiger partial charge in [0.2, 0.25) is 5.91 Å². The summed E-state index contributed by atoms with van der Waals surface area (Å²) in [6, 6.07) is 0.445. The first kappa shape index (κ1) is 17.4. The van der Waals surface area contributed by atoms with Crippen molar-refractivity contribution >= 4 is 11.7 Å². The van der Waals surface area contributed by atoms with Gasteiger partial charge in [0.1, 0.15) is 5.78 Å². The summed E-state index contributed by atoms with van der Waals surface area (Å²) in [5.41, 5.74) is 3.08. The molecule has 1 aliphatic carbocycles. The standard InChI is InChI=1S/C17H31N3O2/c1-4-19-11-7-8-14(19)12-20(18-3)17(22)16-10-6-5-9-15(16)13(2)21/h14-16,18H,4-12H2,1-3H3. The number of amides is 1. The first-order chi connectivity index (χ1) is 10.6. The molecule has 5 heteroatoms. The van der Waals surface area contributed by atoms with E-state index in [1.54, 1.807) is 11.9 Å². The highest BCUT2D eigenvalue weighted by atomic mass is 16.2. The minimum atomic E-state index is -0.129. The lowest BCUT2D eigenvalue weighted by Crippen LogP contribution is -2.52. The van der Waals surface area contributed by atoms with Gasteiger partial charge in [0.25, 0.3) is 0 Å². The zero-order chi connectivity index (χ0) is 16.1. The van der Waals surface area contributed by atoms with Crippen molar-refractivity contribution in [2.45, 2.75) is 58.4 Å². The Bertz CT molecular complexity index is 399. The Morgan fingerprint density at radius 3 is 2.41 bits per heavy atom. The summed E-state index contributed by atoms with van der Waals surface area (Å²) in [7, 11) is 1.81. The van der Waals surface area contributed by atoms with Crippen LogP contribution in [0.25, 0.3) is 0 Å². The Kier molecular flexibility index (Phi) is 6.38. The summed E-state index contributed by atoms with van der Waals surface area (Å²) in [5.74, 6) is 0.0774. The van der Waals surface area contributed by atoms with Crippen LogP contribution in [0.4, 0.5) is 0 Å². The molecule has 126 valence electrons. The molecule has 3 unspecified atom stereocenters. The van der Waals surface area contributed by atoms with E-state index in [0.29, 0.717) is 6.04 Å². The van der Waals surface area contributed by atoms with E-state index in [1.165, 1.54) is 6.42 Å². The Morgan fingerprint density at radius 1 is 1.14 bits per heavy atom. The molecule has 0 aromatic rings. The van der Waals surface area contributed by atoms with E-state index in [1.807, 2.05) is 7.05 Å². The van der Waals surface area contributed by atoms with Crippen LogP contribution in [0.2, 0.25) is 0 Å². The van der Waals surface area contributed by atoms with Crippen molar-refractivity contribution in [3.63, 3.8) is 0 Å². The summed E-state index contributed by atoms with van der Waals surface area (Å²) in [6.07, 6.45) is 6.21.